The highest BCUT2D eigenvalue weighted by Gasteiger charge is 2.33. The summed E-state index contributed by atoms with van der Waals surface area (Å²) in [5.74, 6) is -0.699. The lowest BCUT2D eigenvalue weighted by molar-refractivity contribution is -0.132. The molecule has 1 fully saturated rings. The number of carbonyl (C=O) groups excluding carboxylic acids is 3. The van der Waals surface area contributed by atoms with Gasteiger partial charge >= 0.3 is 0 Å². The molecule has 124 valence electrons. The van der Waals surface area contributed by atoms with Crippen molar-refractivity contribution in [3.05, 3.63) is 46.2 Å². The molecule has 1 atom stereocenters. The zero-order valence-electron chi connectivity index (χ0n) is 12.9. The van der Waals surface area contributed by atoms with Gasteiger partial charge in [-0.1, -0.05) is 30.0 Å². The number of pyridine rings is 1. The number of nitrogens with one attached hydrogen (secondary N) is 2. The standard InChI is InChI=1S/C16H15N3O4S/c1-19(14(21)7-12-15(22)18-16(23)24-12)8-9-6-13(20)17-11-5-3-2-4-10(9)11/h2-6,12H,7-8H2,1H3,(H,17,20)(H,18,22,23)/t12-/m0/s1. The van der Waals surface area contributed by atoms with E-state index in [4.69, 9.17) is 0 Å². The second kappa shape index (κ2) is 6.48. The van der Waals surface area contributed by atoms with Crippen molar-refractivity contribution in [1.29, 1.82) is 0 Å². The topological polar surface area (TPSA) is 99.3 Å². The number of fused-ring (bicyclic) bond motifs is 1. The predicted molar refractivity (Wildman–Crippen MR) is 90.6 cm³/mol. The van der Waals surface area contributed by atoms with Crippen molar-refractivity contribution in [1.82, 2.24) is 15.2 Å². The molecule has 1 saturated heterocycles. The maximum atomic E-state index is 12.3. The molecule has 0 aliphatic carbocycles. The van der Waals surface area contributed by atoms with Crippen LogP contribution in [0.15, 0.2) is 35.1 Å². The SMILES string of the molecule is CN(Cc1cc(=O)[nH]c2ccccc12)C(=O)C[C@@H]1SC(=O)NC1=O. The van der Waals surface area contributed by atoms with E-state index in [0.717, 1.165) is 22.7 Å². The monoisotopic (exact) mass is 345 g/mol. The molecular weight excluding hydrogens is 330 g/mol. The Balaban J connectivity index is 1.76. The van der Waals surface area contributed by atoms with Crippen LogP contribution in [-0.2, 0) is 16.1 Å². The largest absolute Gasteiger partial charge is 0.341 e. The number of imide groups is 1. The van der Waals surface area contributed by atoms with E-state index >= 15 is 0 Å². The molecule has 0 saturated carbocycles. The second-order valence-corrected chi connectivity index (χ2v) is 6.72. The number of hydrogen-bond donors (Lipinski definition) is 2. The molecule has 2 heterocycles. The third kappa shape index (κ3) is 3.33. The van der Waals surface area contributed by atoms with Gasteiger partial charge in [-0.2, -0.15) is 0 Å². The van der Waals surface area contributed by atoms with Crippen LogP contribution in [0.2, 0.25) is 0 Å². The van der Waals surface area contributed by atoms with E-state index in [9.17, 15) is 19.2 Å². The number of aromatic amines is 1. The Bertz CT molecular complexity index is 892. The molecule has 8 heteroatoms. The number of nitrogens with zero attached hydrogens (tertiary/aromatic N) is 1. The van der Waals surface area contributed by atoms with Crippen LogP contribution in [0.1, 0.15) is 12.0 Å². The molecule has 3 amide bonds. The number of carbonyl (C=O) groups is 3. The van der Waals surface area contributed by atoms with E-state index < -0.39 is 16.4 Å². The number of aromatic nitrogens is 1. The molecule has 1 aromatic carbocycles. The minimum atomic E-state index is -0.691. The number of benzene rings is 1. The van der Waals surface area contributed by atoms with Gasteiger partial charge in [-0.25, -0.2) is 0 Å². The minimum absolute atomic E-state index is 0.0557. The van der Waals surface area contributed by atoms with E-state index in [-0.39, 0.29) is 24.4 Å². The van der Waals surface area contributed by atoms with Crippen molar-refractivity contribution in [3.8, 4) is 0 Å². The number of rotatable bonds is 4. The van der Waals surface area contributed by atoms with Gasteiger partial charge in [0.25, 0.3) is 5.24 Å². The van der Waals surface area contributed by atoms with Crippen LogP contribution in [0.25, 0.3) is 10.9 Å². The van der Waals surface area contributed by atoms with Crippen molar-refractivity contribution >= 4 is 39.7 Å². The third-order valence-corrected chi connectivity index (χ3v) is 4.78. The Morgan fingerprint density at radius 2 is 2.00 bits per heavy atom. The fraction of sp³-hybridized carbons (Fsp3) is 0.250. The van der Waals surface area contributed by atoms with E-state index in [1.807, 2.05) is 18.2 Å². The molecular formula is C16H15N3O4S. The molecule has 1 aromatic heterocycles. The van der Waals surface area contributed by atoms with Crippen LogP contribution in [0.4, 0.5) is 4.79 Å². The normalized spacial score (nSPS) is 17.1. The Hall–Kier alpha value is -2.61. The van der Waals surface area contributed by atoms with Crippen LogP contribution in [0.5, 0.6) is 0 Å². The zero-order chi connectivity index (χ0) is 17.3. The predicted octanol–water partition coefficient (Wildman–Crippen LogP) is 1.23. The molecule has 24 heavy (non-hydrogen) atoms. The summed E-state index contributed by atoms with van der Waals surface area (Å²) in [4.78, 5) is 51.0. The van der Waals surface area contributed by atoms with Crippen molar-refractivity contribution in [2.75, 3.05) is 7.05 Å². The van der Waals surface area contributed by atoms with E-state index in [1.165, 1.54) is 11.0 Å². The first kappa shape index (κ1) is 16.3. The van der Waals surface area contributed by atoms with Gasteiger partial charge in [0.2, 0.25) is 17.4 Å². The maximum Gasteiger partial charge on any atom is 0.286 e. The lowest BCUT2D eigenvalue weighted by Gasteiger charge is -2.19. The average molecular weight is 345 g/mol. The number of para-hydroxylation sites is 1. The molecule has 1 aliphatic rings. The van der Waals surface area contributed by atoms with Crippen molar-refractivity contribution < 1.29 is 14.4 Å². The summed E-state index contributed by atoms with van der Waals surface area (Å²) >= 11 is 0.829. The van der Waals surface area contributed by atoms with Crippen LogP contribution < -0.4 is 10.9 Å². The highest BCUT2D eigenvalue weighted by molar-refractivity contribution is 8.15. The Morgan fingerprint density at radius 3 is 2.71 bits per heavy atom. The first-order valence-corrected chi connectivity index (χ1v) is 8.18. The summed E-state index contributed by atoms with van der Waals surface area (Å²) in [5, 5.41) is 1.90. The third-order valence-electron chi connectivity index (χ3n) is 3.80. The van der Waals surface area contributed by atoms with Gasteiger partial charge in [0.15, 0.2) is 0 Å². The van der Waals surface area contributed by atoms with E-state index in [1.54, 1.807) is 13.1 Å². The van der Waals surface area contributed by atoms with E-state index in [0.29, 0.717) is 5.52 Å². The van der Waals surface area contributed by atoms with Gasteiger partial charge in [-0.15, -0.1) is 0 Å². The summed E-state index contributed by atoms with van der Waals surface area (Å²) in [6, 6.07) is 8.82. The summed E-state index contributed by atoms with van der Waals surface area (Å²) < 4.78 is 0. The van der Waals surface area contributed by atoms with Gasteiger partial charge in [-0.3, -0.25) is 24.5 Å². The van der Waals surface area contributed by atoms with Gasteiger partial charge in [0.05, 0.1) is 0 Å². The Labute approximate surface area is 141 Å². The van der Waals surface area contributed by atoms with Crippen LogP contribution in [0.3, 0.4) is 0 Å². The zero-order valence-corrected chi connectivity index (χ0v) is 13.7. The quantitative estimate of drug-likeness (QED) is 0.868. The van der Waals surface area contributed by atoms with Gasteiger partial charge in [-0.05, 0) is 11.6 Å². The summed E-state index contributed by atoms with van der Waals surface area (Å²) in [6.45, 7) is 0.246. The second-order valence-electron chi connectivity index (χ2n) is 5.54. The number of thioether (sulfide) groups is 1. The number of H-pyrrole nitrogens is 1. The average Bonchev–Trinajstić information content (AvgIpc) is 2.84. The lowest BCUT2D eigenvalue weighted by Crippen LogP contribution is -2.32. The number of amides is 3. The minimum Gasteiger partial charge on any atom is -0.341 e. The van der Waals surface area contributed by atoms with Crippen LogP contribution in [-0.4, -0.2) is 39.2 Å². The van der Waals surface area contributed by atoms with Crippen molar-refractivity contribution in [2.45, 2.75) is 18.2 Å². The van der Waals surface area contributed by atoms with Crippen molar-refractivity contribution in [3.63, 3.8) is 0 Å². The molecule has 0 unspecified atom stereocenters. The lowest BCUT2D eigenvalue weighted by atomic mass is 10.1. The maximum absolute atomic E-state index is 12.3. The highest BCUT2D eigenvalue weighted by atomic mass is 32.2. The molecule has 0 radical (unpaired) electrons. The Morgan fingerprint density at radius 1 is 1.25 bits per heavy atom. The first-order chi connectivity index (χ1) is 11.4. The van der Waals surface area contributed by atoms with E-state index in [2.05, 4.69) is 10.3 Å². The fourth-order valence-corrected chi connectivity index (χ4v) is 3.40. The fourth-order valence-electron chi connectivity index (χ4n) is 2.59. The highest BCUT2D eigenvalue weighted by Crippen LogP contribution is 2.23. The molecule has 0 bridgehead atoms. The Kier molecular flexibility index (Phi) is 4.39. The molecule has 7 nitrogen and oxygen atoms in total. The van der Waals surface area contributed by atoms with Crippen LogP contribution >= 0.6 is 11.8 Å². The van der Waals surface area contributed by atoms with Gasteiger partial charge in [0, 0.05) is 37.0 Å². The molecule has 2 aromatic rings. The first-order valence-electron chi connectivity index (χ1n) is 7.30. The summed E-state index contributed by atoms with van der Waals surface area (Å²) in [6.07, 6.45) is -0.0557. The van der Waals surface area contributed by atoms with Crippen LogP contribution in [0, 0.1) is 0 Å². The molecule has 2 N–H and O–H groups in total. The van der Waals surface area contributed by atoms with Gasteiger partial charge < -0.3 is 9.88 Å². The molecule has 0 spiro atoms. The van der Waals surface area contributed by atoms with Gasteiger partial charge in [0.1, 0.15) is 5.25 Å². The molecule has 3 rings (SSSR count). The summed E-state index contributed by atoms with van der Waals surface area (Å²) in [7, 11) is 1.61. The summed E-state index contributed by atoms with van der Waals surface area (Å²) in [5.41, 5.74) is 1.20. The van der Waals surface area contributed by atoms with Crippen molar-refractivity contribution in [2.24, 2.45) is 0 Å². The molecule has 1 aliphatic heterocycles. The smallest absolute Gasteiger partial charge is 0.286 e. The number of hydrogen-bond acceptors (Lipinski definition) is 5.